The second kappa shape index (κ2) is 5.13. The van der Waals surface area contributed by atoms with Gasteiger partial charge in [-0.25, -0.2) is 14.8 Å². The second-order valence-electron chi connectivity index (χ2n) is 5.21. The number of imidazole rings is 2. The van der Waals surface area contributed by atoms with Crippen molar-refractivity contribution in [3.63, 3.8) is 0 Å². The number of hydrogen-bond donors (Lipinski definition) is 3. The summed E-state index contributed by atoms with van der Waals surface area (Å²) in [6.45, 7) is 0. The highest BCUT2D eigenvalue weighted by Gasteiger charge is 2.10. The van der Waals surface area contributed by atoms with Gasteiger partial charge >= 0.3 is 6.03 Å². The van der Waals surface area contributed by atoms with E-state index < -0.39 is 0 Å². The Labute approximate surface area is 131 Å². The lowest BCUT2D eigenvalue weighted by Crippen LogP contribution is -2.19. The molecule has 4 rings (SSSR count). The standard InChI is InChI=1S/C16H14N6O/c1-22-9-19-15-12(6-3-7-13(15)22)21-16(23)20-11-5-2-4-10-14(11)18-8-17-10/h2-9H,1H3,(H,17,18)(H2,20,21,23). The number of rotatable bonds is 2. The quantitative estimate of drug-likeness (QED) is 0.532. The molecule has 2 amide bonds. The summed E-state index contributed by atoms with van der Waals surface area (Å²) in [6.07, 6.45) is 3.32. The fraction of sp³-hybridized carbons (Fsp3) is 0.0625. The van der Waals surface area contributed by atoms with Crippen molar-refractivity contribution in [2.75, 3.05) is 10.6 Å². The van der Waals surface area contributed by atoms with Gasteiger partial charge in [0.2, 0.25) is 0 Å². The van der Waals surface area contributed by atoms with Gasteiger partial charge in [-0.15, -0.1) is 0 Å². The minimum absolute atomic E-state index is 0.335. The van der Waals surface area contributed by atoms with Crippen LogP contribution < -0.4 is 10.6 Å². The molecule has 0 bridgehead atoms. The lowest BCUT2D eigenvalue weighted by Gasteiger charge is -2.08. The van der Waals surface area contributed by atoms with E-state index in [9.17, 15) is 4.79 Å². The molecule has 0 aliphatic rings. The molecule has 2 aromatic heterocycles. The minimum Gasteiger partial charge on any atom is -0.345 e. The number of H-pyrrole nitrogens is 1. The average molecular weight is 306 g/mol. The van der Waals surface area contributed by atoms with Crippen LogP contribution in [0.5, 0.6) is 0 Å². The van der Waals surface area contributed by atoms with Gasteiger partial charge in [-0.1, -0.05) is 12.1 Å². The van der Waals surface area contributed by atoms with Crippen molar-refractivity contribution in [3.05, 3.63) is 49.1 Å². The number of aromatic nitrogens is 4. The molecule has 0 aliphatic heterocycles. The molecule has 0 spiro atoms. The van der Waals surface area contributed by atoms with Gasteiger partial charge < -0.3 is 20.2 Å². The number of benzene rings is 2. The number of carbonyl (C=O) groups is 1. The summed E-state index contributed by atoms with van der Waals surface area (Å²) >= 11 is 0. The molecule has 0 saturated heterocycles. The highest BCUT2D eigenvalue weighted by Crippen LogP contribution is 2.23. The Morgan fingerprint density at radius 1 is 1.04 bits per heavy atom. The molecule has 2 aromatic carbocycles. The maximum absolute atomic E-state index is 12.3. The van der Waals surface area contributed by atoms with Crippen molar-refractivity contribution in [3.8, 4) is 0 Å². The fourth-order valence-electron chi connectivity index (χ4n) is 2.60. The van der Waals surface area contributed by atoms with Crippen LogP contribution >= 0.6 is 0 Å². The number of fused-ring (bicyclic) bond motifs is 2. The zero-order valence-electron chi connectivity index (χ0n) is 12.4. The number of hydrogen-bond acceptors (Lipinski definition) is 3. The van der Waals surface area contributed by atoms with Gasteiger partial charge in [-0.2, -0.15) is 0 Å². The molecule has 23 heavy (non-hydrogen) atoms. The van der Waals surface area contributed by atoms with Gasteiger partial charge in [0, 0.05) is 7.05 Å². The third kappa shape index (κ3) is 2.28. The highest BCUT2D eigenvalue weighted by molar-refractivity contribution is 6.07. The molecule has 0 atom stereocenters. The summed E-state index contributed by atoms with van der Waals surface area (Å²) in [5.41, 5.74) is 4.61. The van der Waals surface area contributed by atoms with E-state index in [4.69, 9.17) is 0 Å². The SMILES string of the molecule is Cn1cnc2c(NC(=O)Nc3cccc4[nH]cnc34)cccc21. The van der Waals surface area contributed by atoms with Crippen LogP contribution in [-0.2, 0) is 7.05 Å². The van der Waals surface area contributed by atoms with Crippen LogP contribution in [0.3, 0.4) is 0 Å². The number of urea groups is 1. The second-order valence-corrected chi connectivity index (χ2v) is 5.21. The Morgan fingerprint density at radius 2 is 1.78 bits per heavy atom. The van der Waals surface area contributed by atoms with E-state index in [1.54, 1.807) is 12.7 Å². The first-order valence-electron chi connectivity index (χ1n) is 7.12. The Bertz CT molecular complexity index is 1020. The van der Waals surface area contributed by atoms with Crippen LogP contribution in [0.4, 0.5) is 16.2 Å². The summed E-state index contributed by atoms with van der Waals surface area (Å²) in [5.74, 6) is 0. The zero-order chi connectivity index (χ0) is 15.8. The lowest BCUT2D eigenvalue weighted by atomic mass is 10.2. The van der Waals surface area contributed by atoms with Gasteiger partial charge in [0.25, 0.3) is 0 Å². The van der Waals surface area contributed by atoms with Crippen molar-refractivity contribution in [2.45, 2.75) is 0 Å². The van der Waals surface area contributed by atoms with Gasteiger partial charge in [0.1, 0.15) is 11.0 Å². The molecular formula is C16H14N6O. The summed E-state index contributed by atoms with van der Waals surface area (Å²) in [7, 11) is 1.91. The van der Waals surface area contributed by atoms with Crippen molar-refractivity contribution < 1.29 is 4.79 Å². The zero-order valence-corrected chi connectivity index (χ0v) is 12.4. The molecule has 2 heterocycles. The average Bonchev–Trinajstić information content (AvgIpc) is 3.16. The van der Waals surface area contributed by atoms with Crippen molar-refractivity contribution in [1.29, 1.82) is 0 Å². The molecule has 0 aliphatic carbocycles. The maximum Gasteiger partial charge on any atom is 0.323 e. The number of para-hydroxylation sites is 2. The smallest absolute Gasteiger partial charge is 0.323 e. The third-order valence-corrected chi connectivity index (χ3v) is 3.70. The molecule has 4 aromatic rings. The molecule has 7 heteroatoms. The van der Waals surface area contributed by atoms with Gasteiger partial charge in [-0.3, -0.25) is 0 Å². The van der Waals surface area contributed by atoms with Crippen LogP contribution in [0.1, 0.15) is 0 Å². The van der Waals surface area contributed by atoms with E-state index in [1.807, 2.05) is 48.0 Å². The van der Waals surface area contributed by atoms with E-state index in [2.05, 4.69) is 25.6 Å². The molecule has 3 N–H and O–H groups in total. The van der Waals surface area contributed by atoms with Crippen LogP contribution in [0.25, 0.3) is 22.1 Å². The van der Waals surface area contributed by atoms with Crippen LogP contribution in [0, 0.1) is 0 Å². The Hall–Kier alpha value is -3.35. The Morgan fingerprint density at radius 3 is 2.61 bits per heavy atom. The predicted molar refractivity (Wildman–Crippen MR) is 89.4 cm³/mol. The summed E-state index contributed by atoms with van der Waals surface area (Å²) in [4.78, 5) is 23.9. The normalized spacial score (nSPS) is 11.0. The topological polar surface area (TPSA) is 87.6 Å². The molecule has 0 saturated carbocycles. The molecule has 114 valence electrons. The van der Waals surface area contributed by atoms with Crippen LogP contribution in [0.15, 0.2) is 49.1 Å². The number of aromatic amines is 1. The van der Waals surface area contributed by atoms with E-state index in [0.29, 0.717) is 11.4 Å². The number of carbonyl (C=O) groups excluding carboxylic acids is 1. The van der Waals surface area contributed by atoms with E-state index in [1.165, 1.54) is 0 Å². The Kier molecular flexibility index (Phi) is 2.97. The van der Waals surface area contributed by atoms with Gasteiger partial charge in [-0.05, 0) is 24.3 Å². The Balaban J connectivity index is 1.61. The molecule has 0 radical (unpaired) electrons. The van der Waals surface area contributed by atoms with Crippen molar-refractivity contribution >= 4 is 39.5 Å². The molecule has 0 fully saturated rings. The summed E-state index contributed by atoms with van der Waals surface area (Å²) in [5, 5.41) is 5.66. The van der Waals surface area contributed by atoms with Gasteiger partial charge in [0.05, 0.1) is 35.1 Å². The first-order chi connectivity index (χ1) is 11.2. The first kappa shape index (κ1) is 13.3. The summed E-state index contributed by atoms with van der Waals surface area (Å²) in [6, 6.07) is 10.9. The predicted octanol–water partition coefficient (Wildman–Crippen LogP) is 3.09. The fourth-order valence-corrected chi connectivity index (χ4v) is 2.60. The largest absolute Gasteiger partial charge is 0.345 e. The van der Waals surface area contributed by atoms with E-state index >= 15 is 0 Å². The number of anilines is 2. The molecular weight excluding hydrogens is 292 g/mol. The van der Waals surface area contributed by atoms with Crippen LogP contribution in [-0.4, -0.2) is 25.6 Å². The number of amides is 2. The van der Waals surface area contributed by atoms with E-state index in [-0.39, 0.29) is 6.03 Å². The first-order valence-corrected chi connectivity index (χ1v) is 7.12. The molecule has 7 nitrogen and oxygen atoms in total. The minimum atomic E-state index is -0.335. The number of aryl methyl sites for hydroxylation is 1. The monoisotopic (exact) mass is 306 g/mol. The van der Waals surface area contributed by atoms with Crippen molar-refractivity contribution in [1.82, 2.24) is 19.5 Å². The number of nitrogens with one attached hydrogen (secondary N) is 3. The summed E-state index contributed by atoms with van der Waals surface area (Å²) < 4.78 is 1.91. The lowest BCUT2D eigenvalue weighted by molar-refractivity contribution is 0.262. The van der Waals surface area contributed by atoms with Gasteiger partial charge in [0.15, 0.2) is 0 Å². The number of nitrogens with zero attached hydrogens (tertiary/aromatic N) is 3. The maximum atomic E-state index is 12.3. The van der Waals surface area contributed by atoms with Crippen LogP contribution in [0.2, 0.25) is 0 Å². The molecule has 0 unspecified atom stereocenters. The van der Waals surface area contributed by atoms with E-state index in [0.717, 1.165) is 22.1 Å². The highest BCUT2D eigenvalue weighted by atomic mass is 16.2. The van der Waals surface area contributed by atoms with Crippen molar-refractivity contribution in [2.24, 2.45) is 7.05 Å². The third-order valence-electron chi connectivity index (χ3n) is 3.70.